The van der Waals surface area contributed by atoms with Crippen molar-refractivity contribution >= 4 is 28.9 Å². The first-order valence-corrected chi connectivity index (χ1v) is 15.4. The Kier molecular flexibility index (Phi) is 8.84. The summed E-state index contributed by atoms with van der Waals surface area (Å²) in [6.45, 7) is 0.101. The molecule has 6 aromatic rings. The summed E-state index contributed by atoms with van der Waals surface area (Å²) < 4.78 is 35.4. The fraction of sp³-hybridized carbons (Fsp3) is 0.162. The first-order valence-electron chi connectivity index (χ1n) is 15.4. The smallest absolute Gasteiger partial charge is 0.338 e. The van der Waals surface area contributed by atoms with Crippen molar-refractivity contribution in [2.24, 2.45) is 0 Å². The summed E-state index contributed by atoms with van der Waals surface area (Å²) in [6, 6.07) is 35.9. The van der Waals surface area contributed by atoms with Crippen LogP contribution in [-0.4, -0.2) is 56.4 Å². The van der Waals surface area contributed by atoms with Crippen LogP contribution in [0.25, 0.3) is 22.6 Å². The minimum absolute atomic E-state index is 0.246. The molecule has 4 aromatic carbocycles. The molecule has 1 aliphatic rings. The number of imidazole rings is 1. The number of alkyl halides is 1. The van der Waals surface area contributed by atoms with E-state index in [2.05, 4.69) is 10.3 Å². The van der Waals surface area contributed by atoms with Gasteiger partial charge in [-0.2, -0.15) is 0 Å². The molecule has 0 saturated carbocycles. The highest BCUT2D eigenvalue weighted by molar-refractivity contribution is 5.90. The second-order valence-electron chi connectivity index (χ2n) is 11.1. The van der Waals surface area contributed by atoms with Gasteiger partial charge in [0.15, 0.2) is 41.3 Å². The van der Waals surface area contributed by atoms with E-state index in [0.717, 1.165) is 11.1 Å². The fourth-order valence-electron chi connectivity index (χ4n) is 5.50. The van der Waals surface area contributed by atoms with Gasteiger partial charge in [-0.3, -0.25) is 4.57 Å². The van der Waals surface area contributed by atoms with Gasteiger partial charge in [-0.15, -0.1) is 0 Å². The maximum Gasteiger partial charge on any atom is 0.338 e. The number of hydrogen-bond donors (Lipinski definition) is 1. The Balaban J connectivity index is 1.22. The molecule has 240 valence electrons. The SMILES string of the molecule is O=C(OC[C@H]1O[C@@H](n2cnc3c(NCc4ccccc4)nc(-c4ccccc4)nc32)[C@@H](F)[C@@H]1OC(=O)c1ccccc1)c1ccccc1. The largest absolute Gasteiger partial charge is 0.459 e. The summed E-state index contributed by atoms with van der Waals surface area (Å²) in [4.78, 5) is 40.0. The Bertz CT molecular complexity index is 2010. The molecule has 0 amide bonds. The van der Waals surface area contributed by atoms with Gasteiger partial charge in [0, 0.05) is 12.1 Å². The van der Waals surface area contributed by atoms with E-state index in [4.69, 9.17) is 24.2 Å². The van der Waals surface area contributed by atoms with Crippen molar-refractivity contribution in [1.82, 2.24) is 19.5 Å². The van der Waals surface area contributed by atoms with E-state index in [1.807, 2.05) is 60.7 Å². The highest BCUT2D eigenvalue weighted by Crippen LogP contribution is 2.37. The van der Waals surface area contributed by atoms with Crippen molar-refractivity contribution in [1.29, 1.82) is 0 Å². The number of hydrogen-bond acceptors (Lipinski definition) is 9. The van der Waals surface area contributed by atoms with Gasteiger partial charge in [-0.25, -0.2) is 28.9 Å². The topological polar surface area (TPSA) is 117 Å². The van der Waals surface area contributed by atoms with E-state index in [1.165, 1.54) is 10.9 Å². The van der Waals surface area contributed by atoms with Gasteiger partial charge < -0.3 is 19.5 Å². The van der Waals surface area contributed by atoms with Gasteiger partial charge in [-0.1, -0.05) is 97.1 Å². The molecule has 7 rings (SSSR count). The first kappa shape index (κ1) is 30.7. The molecule has 11 heteroatoms. The zero-order valence-electron chi connectivity index (χ0n) is 25.6. The third-order valence-corrected chi connectivity index (χ3v) is 7.94. The molecular weight excluding hydrogens is 613 g/mol. The number of anilines is 1. The fourth-order valence-corrected chi connectivity index (χ4v) is 5.50. The van der Waals surface area contributed by atoms with Crippen LogP contribution in [0.2, 0.25) is 0 Å². The van der Waals surface area contributed by atoms with Crippen LogP contribution in [0.5, 0.6) is 0 Å². The van der Waals surface area contributed by atoms with Crippen LogP contribution in [-0.2, 0) is 20.8 Å². The van der Waals surface area contributed by atoms with E-state index in [-0.39, 0.29) is 12.2 Å². The van der Waals surface area contributed by atoms with Crippen molar-refractivity contribution < 1.29 is 28.2 Å². The molecule has 4 atom stereocenters. The van der Waals surface area contributed by atoms with Gasteiger partial charge in [0.1, 0.15) is 12.7 Å². The highest BCUT2D eigenvalue weighted by Gasteiger charge is 2.50. The number of esters is 2. The third kappa shape index (κ3) is 6.49. The van der Waals surface area contributed by atoms with E-state index in [1.54, 1.807) is 60.7 Å². The van der Waals surface area contributed by atoms with Crippen molar-refractivity contribution in [2.45, 2.75) is 31.2 Å². The van der Waals surface area contributed by atoms with Crippen molar-refractivity contribution in [3.63, 3.8) is 0 Å². The molecule has 0 spiro atoms. The summed E-state index contributed by atoms with van der Waals surface area (Å²) in [6.07, 6.45) is -4.30. The van der Waals surface area contributed by atoms with Gasteiger partial charge >= 0.3 is 11.9 Å². The monoisotopic (exact) mass is 643 g/mol. The number of ether oxygens (including phenoxy) is 3. The van der Waals surface area contributed by atoms with Gasteiger partial charge in [0.25, 0.3) is 0 Å². The number of carbonyl (C=O) groups is 2. The molecule has 0 aliphatic carbocycles. The molecule has 1 fully saturated rings. The highest BCUT2D eigenvalue weighted by atomic mass is 19.1. The minimum atomic E-state index is -1.87. The van der Waals surface area contributed by atoms with E-state index in [0.29, 0.717) is 34.9 Å². The molecule has 48 heavy (non-hydrogen) atoms. The van der Waals surface area contributed by atoms with Crippen molar-refractivity contribution in [3.05, 3.63) is 144 Å². The first-order chi connectivity index (χ1) is 23.5. The molecule has 1 N–H and O–H groups in total. The number of fused-ring (bicyclic) bond motifs is 1. The Morgan fingerprint density at radius 2 is 1.40 bits per heavy atom. The van der Waals surface area contributed by atoms with Crippen molar-refractivity contribution in [2.75, 3.05) is 11.9 Å². The maximum absolute atomic E-state index is 16.6. The number of halogens is 1. The molecule has 2 aromatic heterocycles. The lowest BCUT2D eigenvalue weighted by atomic mass is 10.1. The lowest BCUT2D eigenvalue weighted by Gasteiger charge is -2.19. The molecule has 0 unspecified atom stereocenters. The summed E-state index contributed by atoms with van der Waals surface area (Å²) in [5.74, 6) is -0.499. The van der Waals surface area contributed by atoms with E-state index in [9.17, 15) is 9.59 Å². The minimum Gasteiger partial charge on any atom is -0.459 e. The van der Waals surface area contributed by atoms with Crippen molar-refractivity contribution in [3.8, 4) is 11.4 Å². The lowest BCUT2D eigenvalue weighted by Crippen LogP contribution is -2.37. The van der Waals surface area contributed by atoms with Crippen LogP contribution in [0, 0.1) is 0 Å². The third-order valence-electron chi connectivity index (χ3n) is 7.94. The lowest BCUT2D eigenvalue weighted by molar-refractivity contribution is -0.0570. The second-order valence-corrected chi connectivity index (χ2v) is 11.1. The van der Waals surface area contributed by atoms with Gasteiger partial charge in [-0.05, 0) is 29.8 Å². The number of benzene rings is 4. The maximum atomic E-state index is 16.6. The van der Waals surface area contributed by atoms with Crippen LogP contribution in [0.3, 0.4) is 0 Å². The Labute approximate surface area is 275 Å². The van der Waals surface area contributed by atoms with E-state index < -0.39 is 36.5 Å². The zero-order chi connectivity index (χ0) is 32.9. The number of rotatable bonds is 10. The Hall–Kier alpha value is -5.94. The summed E-state index contributed by atoms with van der Waals surface area (Å²) >= 11 is 0. The van der Waals surface area contributed by atoms with Gasteiger partial charge in [0.05, 0.1) is 17.5 Å². The Morgan fingerprint density at radius 3 is 2.06 bits per heavy atom. The number of carbonyl (C=O) groups excluding carboxylic acids is 2. The quantitative estimate of drug-likeness (QED) is 0.169. The zero-order valence-corrected chi connectivity index (χ0v) is 25.6. The van der Waals surface area contributed by atoms with E-state index >= 15 is 4.39 Å². The van der Waals surface area contributed by atoms with Crippen LogP contribution in [0.15, 0.2) is 128 Å². The number of nitrogens with one attached hydrogen (secondary N) is 1. The van der Waals surface area contributed by atoms with Crippen LogP contribution < -0.4 is 5.32 Å². The molecule has 1 aliphatic heterocycles. The molecule has 0 radical (unpaired) electrons. The summed E-state index contributed by atoms with van der Waals surface area (Å²) in [5, 5.41) is 3.35. The average molecular weight is 644 g/mol. The normalized spacial score (nSPS) is 18.8. The van der Waals surface area contributed by atoms with Crippen LogP contribution >= 0.6 is 0 Å². The number of aromatic nitrogens is 4. The second kappa shape index (κ2) is 13.8. The summed E-state index contributed by atoms with van der Waals surface area (Å²) in [5.41, 5.74) is 3.06. The predicted octanol–water partition coefficient (Wildman–Crippen LogP) is 6.42. The molecular formula is C37H30FN5O5. The standard InChI is InChI=1S/C37H30FN5O5/c38-29-31(48-37(45)27-19-11-4-12-20-27)28(22-46-36(44)26-17-9-3-10-18-26)47-35(29)43-23-40-30-33(39-21-24-13-5-1-6-14-24)41-32(42-34(30)43)25-15-7-2-8-16-25/h1-20,23,28-29,31,35H,21-22H2,(H,39,41,42)/t28-,29+,31-,35-/m1/s1. The van der Waals surface area contributed by atoms with Gasteiger partial charge in [0.2, 0.25) is 0 Å². The average Bonchev–Trinajstić information content (AvgIpc) is 3.71. The van der Waals surface area contributed by atoms with Crippen LogP contribution in [0.1, 0.15) is 32.5 Å². The molecule has 10 nitrogen and oxygen atoms in total. The molecule has 3 heterocycles. The summed E-state index contributed by atoms with van der Waals surface area (Å²) in [7, 11) is 0. The predicted molar refractivity (Wildman–Crippen MR) is 176 cm³/mol. The Morgan fingerprint density at radius 1 is 0.792 bits per heavy atom. The van der Waals surface area contributed by atoms with Crippen LogP contribution in [0.4, 0.5) is 10.2 Å². The molecule has 0 bridgehead atoms. The molecule has 1 saturated heterocycles. The number of nitrogens with zero attached hydrogens (tertiary/aromatic N) is 4.